The third-order valence-corrected chi connectivity index (χ3v) is 5.69. The standard InChI is InChI=1S/C25H32N6O/c1-19-16-20(2)31(29-19)24-11-7-5-9-22(24)18-28-25(26-3)27-17-21-8-4-6-10-23(21)30-12-14-32-15-13-30/h4-11,16H,12-15,17-18H2,1-3H3,(H2,26,27,28). The molecular weight excluding hydrogens is 400 g/mol. The van der Waals surface area contributed by atoms with Crippen molar-refractivity contribution >= 4 is 11.6 Å². The minimum atomic E-state index is 0.652. The second-order valence-electron chi connectivity index (χ2n) is 7.98. The van der Waals surface area contributed by atoms with Crippen LogP contribution in [0.4, 0.5) is 5.69 Å². The quantitative estimate of drug-likeness (QED) is 0.463. The number of aromatic nitrogens is 2. The van der Waals surface area contributed by atoms with E-state index in [2.05, 4.69) is 81.1 Å². The van der Waals surface area contributed by atoms with E-state index in [1.807, 2.05) is 17.7 Å². The van der Waals surface area contributed by atoms with E-state index in [-0.39, 0.29) is 0 Å². The number of nitrogens with one attached hydrogen (secondary N) is 2. The first kappa shape index (κ1) is 21.9. The number of anilines is 1. The molecule has 0 atom stereocenters. The Kier molecular flexibility index (Phi) is 7.07. The van der Waals surface area contributed by atoms with Crippen molar-refractivity contribution in [3.8, 4) is 5.69 Å². The molecule has 1 aromatic heterocycles. The molecule has 0 aliphatic carbocycles. The van der Waals surface area contributed by atoms with Gasteiger partial charge in [0.2, 0.25) is 0 Å². The third-order valence-electron chi connectivity index (χ3n) is 5.69. The fraction of sp³-hybridized carbons (Fsp3) is 0.360. The zero-order valence-corrected chi connectivity index (χ0v) is 19.1. The summed E-state index contributed by atoms with van der Waals surface area (Å²) in [6, 6.07) is 19.0. The van der Waals surface area contributed by atoms with Gasteiger partial charge in [0.25, 0.3) is 0 Å². The Morgan fingerprint density at radius 1 is 0.938 bits per heavy atom. The van der Waals surface area contributed by atoms with Crippen LogP contribution in [0.1, 0.15) is 22.5 Å². The third kappa shape index (κ3) is 5.11. The summed E-state index contributed by atoms with van der Waals surface area (Å²) < 4.78 is 7.51. The van der Waals surface area contributed by atoms with Crippen molar-refractivity contribution in [3.05, 3.63) is 77.1 Å². The van der Waals surface area contributed by atoms with E-state index in [1.54, 1.807) is 7.05 Å². The van der Waals surface area contributed by atoms with Gasteiger partial charge in [-0.25, -0.2) is 4.68 Å². The second-order valence-corrected chi connectivity index (χ2v) is 7.98. The Morgan fingerprint density at radius 3 is 2.12 bits per heavy atom. The molecule has 2 aromatic carbocycles. The molecule has 32 heavy (non-hydrogen) atoms. The van der Waals surface area contributed by atoms with Crippen molar-refractivity contribution in [1.82, 2.24) is 20.4 Å². The lowest BCUT2D eigenvalue weighted by atomic mass is 10.1. The fourth-order valence-corrected chi connectivity index (χ4v) is 4.09. The minimum Gasteiger partial charge on any atom is -0.378 e. The molecule has 7 nitrogen and oxygen atoms in total. The van der Waals surface area contributed by atoms with Crippen LogP contribution < -0.4 is 15.5 Å². The van der Waals surface area contributed by atoms with Crippen LogP contribution in [0.15, 0.2) is 59.6 Å². The highest BCUT2D eigenvalue weighted by Crippen LogP contribution is 2.21. The number of nitrogens with zero attached hydrogens (tertiary/aromatic N) is 4. The number of para-hydroxylation sites is 2. The fourth-order valence-electron chi connectivity index (χ4n) is 4.09. The molecule has 1 saturated heterocycles. The largest absolute Gasteiger partial charge is 0.378 e. The summed E-state index contributed by atoms with van der Waals surface area (Å²) in [6.07, 6.45) is 0. The summed E-state index contributed by atoms with van der Waals surface area (Å²) >= 11 is 0. The summed E-state index contributed by atoms with van der Waals surface area (Å²) in [5, 5.41) is 11.6. The van der Waals surface area contributed by atoms with Gasteiger partial charge in [-0.3, -0.25) is 4.99 Å². The van der Waals surface area contributed by atoms with E-state index in [4.69, 9.17) is 4.74 Å². The summed E-state index contributed by atoms with van der Waals surface area (Å²) in [4.78, 5) is 6.81. The highest BCUT2D eigenvalue weighted by Gasteiger charge is 2.15. The molecule has 2 N–H and O–H groups in total. The molecule has 0 spiro atoms. The number of ether oxygens (including phenoxy) is 1. The SMILES string of the molecule is CN=C(NCc1ccccc1N1CCOCC1)NCc1ccccc1-n1nc(C)cc1C. The molecule has 2 heterocycles. The van der Waals surface area contributed by atoms with Crippen LogP contribution in [-0.2, 0) is 17.8 Å². The Hall–Kier alpha value is -3.32. The molecule has 0 bridgehead atoms. The number of morpholine rings is 1. The highest BCUT2D eigenvalue weighted by molar-refractivity contribution is 5.80. The van der Waals surface area contributed by atoms with Crippen molar-refractivity contribution in [2.24, 2.45) is 4.99 Å². The Morgan fingerprint density at radius 2 is 1.53 bits per heavy atom. The van der Waals surface area contributed by atoms with Crippen LogP contribution in [0.5, 0.6) is 0 Å². The van der Waals surface area contributed by atoms with Gasteiger partial charge < -0.3 is 20.3 Å². The normalized spacial score (nSPS) is 14.5. The number of aryl methyl sites for hydroxylation is 2. The first-order valence-electron chi connectivity index (χ1n) is 11.1. The average Bonchev–Trinajstić information content (AvgIpc) is 3.17. The maximum absolute atomic E-state index is 5.51. The van der Waals surface area contributed by atoms with Gasteiger partial charge in [-0.05, 0) is 43.2 Å². The summed E-state index contributed by atoms with van der Waals surface area (Å²) in [6.45, 7) is 8.85. The molecule has 4 rings (SSSR count). The van der Waals surface area contributed by atoms with Crippen molar-refractivity contribution in [3.63, 3.8) is 0 Å². The number of hydrogen-bond acceptors (Lipinski definition) is 4. The number of benzene rings is 2. The minimum absolute atomic E-state index is 0.652. The van der Waals surface area contributed by atoms with E-state index in [1.165, 1.54) is 11.3 Å². The van der Waals surface area contributed by atoms with Gasteiger partial charge in [0.1, 0.15) is 0 Å². The van der Waals surface area contributed by atoms with Crippen LogP contribution in [0.3, 0.4) is 0 Å². The Labute approximate surface area is 190 Å². The van der Waals surface area contributed by atoms with E-state index in [9.17, 15) is 0 Å². The van der Waals surface area contributed by atoms with E-state index in [0.29, 0.717) is 13.1 Å². The summed E-state index contributed by atoms with van der Waals surface area (Å²) in [7, 11) is 1.80. The molecular formula is C25H32N6O. The summed E-state index contributed by atoms with van der Waals surface area (Å²) in [5.41, 5.74) is 6.89. The van der Waals surface area contributed by atoms with Crippen LogP contribution in [0.25, 0.3) is 5.69 Å². The molecule has 1 aliphatic rings. The zero-order chi connectivity index (χ0) is 22.3. The van der Waals surface area contributed by atoms with Crippen molar-refractivity contribution in [1.29, 1.82) is 0 Å². The average molecular weight is 433 g/mol. The maximum atomic E-state index is 5.51. The van der Waals surface area contributed by atoms with Gasteiger partial charge in [0.15, 0.2) is 5.96 Å². The molecule has 0 saturated carbocycles. The first-order valence-corrected chi connectivity index (χ1v) is 11.1. The molecule has 0 radical (unpaired) electrons. The van der Waals surface area contributed by atoms with Crippen molar-refractivity contribution in [2.75, 3.05) is 38.3 Å². The lowest BCUT2D eigenvalue weighted by Crippen LogP contribution is -2.39. The number of aliphatic imine (C=N–C) groups is 1. The lowest BCUT2D eigenvalue weighted by Gasteiger charge is -2.30. The number of rotatable bonds is 6. The summed E-state index contributed by atoms with van der Waals surface area (Å²) in [5.74, 6) is 0.768. The molecule has 3 aromatic rings. The van der Waals surface area contributed by atoms with Gasteiger partial charge in [0, 0.05) is 44.6 Å². The lowest BCUT2D eigenvalue weighted by molar-refractivity contribution is 0.122. The molecule has 1 fully saturated rings. The maximum Gasteiger partial charge on any atom is 0.191 e. The van der Waals surface area contributed by atoms with E-state index in [0.717, 1.165) is 54.9 Å². The van der Waals surface area contributed by atoms with Crippen LogP contribution >= 0.6 is 0 Å². The first-order chi connectivity index (χ1) is 15.7. The van der Waals surface area contributed by atoms with Gasteiger partial charge >= 0.3 is 0 Å². The van der Waals surface area contributed by atoms with E-state index >= 15 is 0 Å². The molecule has 0 unspecified atom stereocenters. The Balaban J connectivity index is 1.42. The smallest absolute Gasteiger partial charge is 0.191 e. The van der Waals surface area contributed by atoms with E-state index < -0.39 is 0 Å². The van der Waals surface area contributed by atoms with Gasteiger partial charge in [-0.15, -0.1) is 0 Å². The number of hydrogen-bond donors (Lipinski definition) is 2. The Bertz CT molecular complexity index is 1070. The topological polar surface area (TPSA) is 66.7 Å². The predicted octanol–water partition coefficient (Wildman–Crippen LogP) is 3.19. The number of guanidine groups is 1. The van der Waals surface area contributed by atoms with Crippen LogP contribution in [0.2, 0.25) is 0 Å². The van der Waals surface area contributed by atoms with Crippen LogP contribution in [-0.4, -0.2) is 49.1 Å². The van der Waals surface area contributed by atoms with Crippen molar-refractivity contribution < 1.29 is 4.74 Å². The zero-order valence-electron chi connectivity index (χ0n) is 19.1. The molecule has 7 heteroatoms. The highest BCUT2D eigenvalue weighted by atomic mass is 16.5. The van der Waals surface area contributed by atoms with Gasteiger partial charge in [-0.2, -0.15) is 5.10 Å². The van der Waals surface area contributed by atoms with Gasteiger partial charge in [-0.1, -0.05) is 36.4 Å². The monoisotopic (exact) mass is 432 g/mol. The second kappa shape index (κ2) is 10.3. The van der Waals surface area contributed by atoms with Crippen molar-refractivity contribution in [2.45, 2.75) is 26.9 Å². The molecule has 1 aliphatic heterocycles. The van der Waals surface area contributed by atoms with Crippen LogP contribution in [0, 0.1) is 13.8 Å². The van der Waals surface area contributed by atoms with Gasteiger partial charge in [0.05, 0.1) is 24.6 Å². The molecule has 168 valence electrons. The predicted molar refractivity (Wildman–Crippen MR) is 130 cm³/mol. The molecule has 0 amide bonds.